The van der Waals surface area contributed by atoms with Gasteiger partial charge in [-0.1, -0.05) is 25.0 Å². The van der Waals surface area contributed by atoms with Crippen LogP contribution < -0.4 is 5.32 Å². The molecule has 5 heteroatoms. The molecule has 0 bridgehead atoms. The van der Waals surface area contributed by atoms with Crippen molar-refractivity contribution in [2.75, 3.05) is 11.9 Å². The molecule has 1 heterocycles. The van der Waals surface area contributed by atoms with E-state index >= 15 is 0 Å². The van der Waals surface area contributed by atoms with Crippen LogP contribution in [0.15, 0.2) is 30.6 Å². The second-order valence-electron chi connectivity index (χ2n) is 4.72. The van der Waals surface area contributed by atoms with Gasteiger partial charge in [-0.2, -0.15) is 0 Å². The topological polar surface area (TPSA) is 75.1 Å². The molecule has 2 rings (SSSR count). The summed E-state index contributed by atoms with van der Waals surface area (Å²) in [7, 11) is 0. The molecule has 5 nitrogen and oxygen atoms in total. The van der Waals surface area contributed by atoms with Crippen molar-refractivity contribution in [2.24, 2.45) is 0 Å². The predicted molar refractivity (Wildman–Crippen MR) is 78.7 cm³/mol. The number of nitrogens with one attached hydrogen (secondary N) is 1. The summed E-state index contributed by atoms with van der Waals surface area (Å²) >= 11 is 0. The Hall–Kier alpha value is -2.17. The van der Waals surface area contributed by atoms with E-state index in [-0.39, 0.29) is 6.42 Å². The third-order valence-corrected chi connectivity index (χ3v) is 3.15. The smallest absolute Gasteiger partial charge is 0.303 e. The molecule has 0 radical (unpaired) electrons. The Morgan fingerprint density at radius 2 is 1.90 bits per heavy atom. The van der Waals surface area contributed by atoms with Crippen LogP contribution in [0.25, 0.3) is 10.9 Å². The maximum absolute atomic E-state index is 10.4. The summed E-state index contributed by atoms with van der Waals surface area (Å²) in [5.74, 6) is 0.150. The van der Waals surface area contributed by atoms with Gasteiger partial charge in [0.15, 0.2) is 0 Å². The Labute approximate surface area is 118 Å². The number of nitrogens with zero attached hydrogens (tertiary/aromatic N) is 2. The highest BCUT2D eigenvalue weighted by atomic mass is 16.4. The molecular formula is C15H19N3O2. The lowest BCUT2D eigenvalue weighted by atomic mass is 10.1. The van der Waals surface area contributed by atoms with E-state index in [1.54, 1.807) is 6.33 Å². The molecule has 0 aliphatic rings. The van der Waals surface area contributed by atoms with Crippen LogP contribution in [0.5, 0.6) is 0 Å². The Kier molecular flexibility index (Phi) is 5.29. The Morgan fingerprint density at radius 3 is 2.75 bits per heavy atom. The second kappa shape index (κ2) is 7.43. The van der Waals surface area contributed by atoms with Crippen molar-refractivity contribution in [2.45, 2.75) is 32.1 Å². The van der Waals surface area contributed by atoms with Crippen LogP contribution >= 0.6 is 0 Å². The van der Waals surface area contributed by atoms with Gasteiger partial charge in [0.2, 0.25) is 0 Å². The SMILES string of the molecule is O=C(O)CCCCCCNc1ncnc2ccccc12. The summed E-state index contributed by atoms with van der Waals surface area (Å²) in [6.07, 6.45) is 5.59. The number of anilines is 1. The lowest BCUT2D eigenvalue weighted by molar-refractivity contribution is -0.137. The van der Waals surface area contributed by atoms with E-state index < -0.39 is 5.97 Å². The van der Waals surface area contributed by atoms with Crippen molar-refractivity contribution < 1.29 is 9.90 Å². The van der Waals surface area contributed by atoms with Gasteiger partial charge >= 0.3 is 5.97 Å². The minimum atomic E-state index is -0.712. The van der Waals surface area contributed by atoms with Crippen LogP contribution in [0, 0.1) is 0 Å². The molecule has 2 N–H and O–H groups in total. The van der Waals surface area contributed by atoms with E-state index in [4.69, 9.17) is 5.11 Å². The van der Waals surface area contributed by atoms with Crippen LogP contribution in [-0.4, -0.2) is 27.6 Å². The summed E-state index contributed by atoms with van der Waals surface area (Å²) in [6, 6.07) is 7.91. The average Bonchev–Trinajstić information content (AvgIpc) is 2.46. The highest BCUT2D eigenvalue weighted by molar-refractivity contribution is 5.88. The van der Waals surface area contributed by atoms with Crippen LogP contribution in [0.2, 0.25) is 0 Å². The molecule has 0 unspecified atom stereocenters. The number of aromatic nitrogens is 2. The van der Waals surface area contributed by atoms with E-state index in [0.717, 1.165) is 48.9 Å². The van der Waals surface area contributed by atoms with Crippen molar-refractivity contribution in [1.29, 1.82) is 0 Å². The molecule has 0 spiro atoms. The fraction of sp³-hybridized carbons (Fsp3) is 0.400. The number of aliphatic carboxylic acids is 1. The first-order chi connectivity index (χ1) is 9.77. The molecule has 106 valence electrons. The minimum Gasteiger partial charge on any atom is -0.481 e. The van der Waals surface area contributed by atoms with Gasteiger partial charge in [-0.3, -0.25) is 4.79 Å². The second-order valence-corrected chi connectivity index (χ2v) is 4.72. The van der Waals surface area contributed by atoms with Crippen LogP contribution in [0.4, 0.5) is 5.82 Å². The fourth-order valence-electron chi connectivity index (χ4n) is 2.11. The van der Waals surface area contributed by atoms with E-state index in [0.29, 0.717) is 0 Å². The summed E-state index contributed by atoms with van der Waals surface area (Å²) in [4.78, 5) is 18.9. The molecule has 1 aromatic heterocycles. The molecular weight excluding hydrogens is 254 g/mol. The van der Waals surface area contributed by atoms with Crippen LogP contribution in [-0.2, 0) is 4.79 Å². The molecule has 0 aliphatic heterocycles. The van der Waals surface area contributed by atoms with Crippen molar-refractivity contribution in [3.8, 4) is 0 Å². The van der Waals surface area contributed by atoms with Gasteiger partial charge in [-0.25, -0.2) is 9.97 Å². The number of unbranched alkanes of at least 4 members (excludes halogenated alkanes) is 3. The Morgan fingerprint density at radius 1 is 1.10 bits per heavy atom. The highest BCUT2D eigenvalue weighted by Crippen LogP contribution is 2.18. The molecule has 1 aromatic carbocycles. The molecule has 20 heavy (non-hydrogen) atoms. The van der Waals surface area contributed by atoms with Crippen LogP contribution in [0.3, 0.4) is 0 Å². The summed E-state index contributed by atoms with van der Waals surface area (Å²) < 4.78 is 0. The molecule has 0 saturated carbocycles. The lowest BCUT2D eigenvalue weighted by Crippen LogP contribution is -2.04. The van der Waals surface area contributed by atoms with Gasteiger partial charge in [0.05, 0.1) is 5.52 Å². The number of para-hydroxylation sites is 1. The summed E-state index contributed by atoms with van der Waals surface area (Å²) in [5, 5.41) is 12.9. The van der Waals surface area contributed by atoms with Gasteiger partial charge in [-0.15, -0.1) is 0 Å². The normalized spacial score (nSPS) is 10.6. The molecule has 2 aromatic rings. The number of carboxylic acids is 1. The van der Waals surface area contributed by atoms with Gasteiger partial charge in [0.25, 0.3) is 0 Å². The van der Waals surface area contributed by atoms with Gasteiger partial charge < -0.3 is 10.4 Å². The zero-order valence-corrected chi connectivity index (χ0v) is 11.4. The first kappa shape index (κ1) is 14.2. The zero-order valence-electron chi connectivity index (χ0n) is 11.4. The molecule has 0 aliphatic carbocycles. The monoisotopic (exact) mass is 273 g/mol. The van der Waals surface area contributed by atoms with Crippen LogP contribution in [0.1, 0.15) is 32.1 Å². The third-order valence-electron chi connectivity index (χ3n) is 3.15. The van der Waals surface area contributed by atoms with Crippen molar-refractivity contribution in [3.05, 3.63) is 30.6 Å². The van der Waals surface area contributed by atoms with Gasteiger partial charge in [-0.05, 0) is 25.0 Å². The van der Waals surface area contributed by atoms with E-state index in [1.165, 1.54) is 0 Å². The third kappa shape index (κ3) is 4.19. The maximum atomic E-state index is 10.4. The number of hydrogen-bond donors (Lipinski definition) is 2. The average molecular weight is 273 g/mol. The standard InChI is InChI=1S/C15H19N3O2/c19-14(20)9-3-1-2-6-10-16-15-12-7-4-5-8-13(12)17-11-18-15/h4-5,7-8,11H,1-3,6,9-10H2,(H,19,20)(H,16,17,18). The first-order valence-electron chi connectivity index (χ1n) is 6.93. The fourth-order valence-corrected chi connectivity index (χ4v) is 2.11. The van der Waals surface area contributed by atoms with Crippen molar-refractivity contribution >= 4 is 22.7 Å². The van der Waals surface area contributed by atoms with E-state index in [9.17, 15) is 4.79 Å². The van der Waals surface area contributed by atoms with E-state index in [2.05, 4.69) is 15.3 Å². The minimum absolute atomic E-state index is 0.268. The van der Waals surface area contributed by atoms with Gasteiger partial charge in [0, 0.05) is 18.4 Å². The highest BCUT2D eigenvalue weighted by Gasteiger charge is 2.01. The quantitative estimate of drug-likeness (QED) is 0.723. The summed E-state index contributed by atoms with van der Waals surface area (Å²) in [5.41, 5.74) is 0.937. The molecule has 0 saturated heterocycles. The largest absolute Gasteiger partial charge is 0.481 e. The maximum Gasteiger partial charge on any atom is 0.303 e. The first-order valence-corrected chi connectivity index (χ1v) is 6.93. The number of hydrogen-bond acceptors (Lipinski definition) is 4. The van der Waals surface area contributed by atoms with Crippen molar-refractivity contribution in [1.82, 2.24) is 9.97 Å². The molecule has 0 fully saturated rings. The van der Waals surface area contributed by atoms with E-state index in [1.807, 2.05) is 24.3 Å². The van der Waals surface area contributed by atoms with Gasteiger partial charge in [0.1, 0.15) is 12.1 Å². The number of fused-ring (bicyclic) bond motifs is 1. The number of carboxylic acid groups (broad SMARTS) is 1. The number of carbonyl (C=O) groups is 1. The zero-order chi connectivity index (χ0) is 14.2. The molecule has 0 atom stereocenters. The lowest BCUT2D eigenvalue weighted by Gasteiger charge is -2.07. The summed E-state index contributed by atoms with van der Waals surface area (Å²) in [6.45, 7) is 0.841. The Bertz CT molecular complexity index is 567. The number of rotatable bonds is 8. The number of benzene rings is 1. The van der Waals surface area contributed by atoms with Crippen molar-refractivity contribution in [3.63, 3.8) is 0 Å². The Balaban J connectivity index is 1.75. The predicted octanol–water partition coefficient (Wildman–Crippen LogP) is 3.08. The molecule has 0 amide bonds.